The van der Waals surface area contributed by atoms with E-state index in [1.165, 1.54) is 6.92 Å². The first-order chi connectivity index (χ1) is 8.79. The molecule has 19 heavy (non-hydrogen) atoms. The molecule has 1 aliphatic carbocycles. The quantitative estimate of drug-likeness (QED) is 0.853. The Morgan fingerprint density at radius 1 is 1.42 bits per heavy atom. The summed E-state index contributed by atoms with van der Waals surface area (Å²) in [5.41, 5.74) is -0.248. The summed E-state index contributed by atoms with van der Waals surface area (Å²) in [5, 5.41) is 4.99. The Balaban J connectivity index is 2.36. The maximum absolute atomic E-state index is 13.6. The van der Waals surface area contributed by atoms with Gasteiger partial charge < -0.3 is 4.74 Å². The lowest BCUT2D eigenvalue weighted by Crippen LogP contribution is -2.25. The minimum Gasteiger partial charge on any atom is -0.459 e. The summed E-state index contributed by atoms with van der Waals surface area (Å²) in [4.78, 5) is 11.4. The van der Waals surface area contributed by atoms with Crippen LogP contribution in [-0.4, -0.2) is 20.5 Å². The van der Waals surface area contributed by atoms with Gasteiger partial charge >= 0.3 is 5.97 Å². The zero-order valence-electron chi connectivity index (χ0n) is 10.3. The molecule has 0 bridgehead atoms. The van der Waals surface area contributed by atoms with E-state index in [1.54, 1.807) is 0 Å². The topological polar surface area (TPSA) is 86.5 Å². The second-order valence-corrected chi connectivity index (χ2v) is 6.11. The van der Waals surface area contributed by atoms with Crippen molar-refractivity contribution in [3.05, 3.63) is 29.1 Å². The van der Waals surface area contributed by atoms with Crippen LogP contribution in [0.4, 0.5) is 4.39 Å². The lowest BCUT2D eigenvalue weighted by Gasteiger charge is -2.25. The van der Waals surface area contributed by atoms with Crippen molar-refractivity contribution in [3.8, 4) is 0 Å². The summed E-state index contributed by atoms with van der Waals surface area (Å²) < 4.78 is 41.4. The summed E-state index contributed by atoms with van der Waals surface area (Å²) in [6.07, 6.45) is 2.39. The van der Waals surface area contributed by atoms with E-state index in [9.17, 15) is 17.6 Å². The molecule has 1 aromatic carbocycles. The number of hydrogen-bond donors (Lipinski definition) is 1. The van der Waals surface area contributed by atoms with Gasteiger partial charge in [0.05, 0.1) is 10.5 Å². The number of carbonyl (C=O) groups excluding carboxylic acids is 1. The van der Waals surface area contributed by atoms with E-state index in [4.69, 9.17) is 9.88 Å². The number of benzene rings is 1. The normalized spacial score (nSPS) is 15.9. The van der Waals surface area contributed by atoms with Crippen LogP contribution in [0.2, 0.25) is 0 Å². The lowest BCUT2D eigenvalue weighted by atomic mass is 9.96. The van der Waals surface area contributed by atoms with Crippen LogP contribution in [0.15, 0.2) is 17.0 Å². The van der Waals surface area contributed by atoms with Crippen molar-refractivity contribution in [2.45, 2.75) is 37.2 Å². The second kappa shape index (κ2) is 4.90. The maximum Gasteiger partial charge on any atom is 0.338 e. The molecule has 1 saturated carbocycles. The van der Waals surface area contributed by atoms with Crippen molar-refractivity contribution in [1.82, 2.24) is 0 Å². The summed E-state index contributed by atoms with van der Waals surface area (Å²) in [5.74, 6) is -1.53. The van der Waals surface area contributed by atoms with Crippen molar-refractivity contribution < 1.29 is 22.3 Å². The fourth-order valence-corrected chi connectivity index (χ4v) is 2.59. The molecule has 0 heterocycles. The van der Waals surface area contributed by atoms with E-state index in [1.807, 2.05) is 0 Å². The van der Waals surface area contributed by atoms with Gasteiger partial charge in [-0.05, 0) is 38.3 Å². The summed E-state index contributed by atoms with van der Waals surface area (Å²) >= 11 is 0. The number of nitrogens with two attached hydrogens (primary N) is 1. The van der Waals surface area contributed by atoms with Gasteiger partial charge in [0, 0.05) is 5.56 Å². The number of sulfonamides is 1. The Morgan fingerprint density at radius 2 is 2.05 bits per heavy atom. The molecule has 0 atom stereocenters. The number of halogens is 1. The van der Waals surface area contributed by atoms with Crippen LogP contribution in [0.25, 0.3) is 0 Å². The van der Waals surface area contributed by atoms with Crippen LogP contribution in [-0.2, 0) is 14.8 Å². The lowest BCUT2D eigenvalue weighted by molar-refractivity contribution is 0.00893. The van der Waals surface area contributed by atoms with Gasteiger partial charge in [-0.1, -0.05) is 0 Å². The molecular weight excluding hydrogens is 273 g/mol. The molecule has 5 nitrogen and oxygen atoms in total. The third kappa shape index (κ3) is 2.93. The molecule has 0 amide bonds. The Labute approximate surface area is 110 Å². The van der Waals surface area contributed by atoms with Crippen LogP contribution in [0.3, 0.4) is 0 Å². The predicted octanol–water partition coefficient (Wildman–Crippen LogP) is 1.49. The molecular formula is C12H14FNO4S. The van der Waals surface area contributed by atoms with Crippen molar-refractivity contribution in [1.29, 1.82) is 0 Å². The Bertz CT molecular complexity index is 623. The highest BCUT2D eigenvalue weighted by Gasteiger charge is 2.24. The highest BCUT2D eigenvalue weighted by molar-refractivity contribution is 7.89. The average molecular weight is 287 g/mol. The van der Waals surface area contributed by atoms with Gasteiger partial charge in [-0.25, -0.2) is 22.7 Å². The SMILES string of the molecule is Cc1c(F)cc(C(=O)OC2CCC2)cc1S(N)(=O)=O. The predicted molar refractivity (Wildman–Crippen MR) is 65.6 cm³/mol. The second-order valence-electron chi connectivity index (χ2n) is 4.58. The van der Waals surface area contributed by atoms with Crippen LogP contribution in [0, 0.1) is 12.7 Å². The van der Waals surface area contributed by atoms with Gasteiger partial charge in [0.15, 0.2) is 0 Å². The molecule has 0 saturated heterocycles. The Morgan fingerprint density at radius 3 is 2.53 bits per heavy atom. The molecule has 0 unspecified atom stereocenters. The zero-order valence-corrected chi connectivity index (χ0v) is 11.2. The van der Waals surface area contributed by atoms with Gasteiger partial charge in [-0.3, -0.25) is 0 Å². The monoisotopic (exact) mass is 287 g/mol. The molecule has 7 heteroatoms. The molecule has 2 rings (SSSR count). The molecule has 0 aliphatic heterocycles. The molecule has 0 spiro atoms. The highest BCUT2D eigenvalue weighted by Crippen LogP contribution is 2.25. The number of primary sulfonamides is 1. The zero-order chi connectivity index (χ0) is 14.2. The standard InChI is InChI=1S/C12H14FNO4S/c1-7-10(13)5-8(6-11(7)19(14,16)17)12(15)18-9-3-2-4-9/h5-6,9H,2-4H2,1H3,(H2,14,16,17). The molecule has 2 N–H and O–H groups in total. The summed E-state index contributed by atoms with van der Waals surface area (Å²) in [6.45, 7) is 1.29. The van der Waals surface area contributed by atoms with E-state index in [2.05, 4.69) is 0 Å². The molecule has 1 aromatic rings. The summed E-state index contributed by atoms with van der Waals surface area (Å²) in [6, 6.07) is 2.01. The number of hydrogen-bond acceptors (Lipinski definition) is 4. The molecule has 0 aromatic heterocycles. The minimum atomic E-state index is -4.08. The van der Waals surface area contributed by atoms with Crippen molar-refractivity contribution in [3.63, 3.8) is 0 Å². The van der Waals surface area contributed by atoms with E-state index in [-0.39, 0.29) is 17.2 Å². The van der Waals surface area contributed by atoms with E-state index < -0.39 is 26.7 Å². The van der Waals surface area contributed by atoms with Crippen LogP contribution < -0.4 is 5.14 Å². The highest BCUT2D eigenvalue weighted by atomic mass is 32.2. The van der Waals surface area contributed by atoms with Gasteiger partial charge in [-0.2, -0.15) is 0 Å². The van der Waals surface area contributed by atoms with E-state index in [0.717, 1.165) is 31.4 Å². The first-order valence-electron chi connectivity index (χ1n) is 5.83. The third-order valence-corrected chi connectivity index (χ3v) is 4.20. The fraction of sp³-hybridized carbons (Fsp3) is 0.417. The molecule has 1 aliphatic rings. The first-order valence-corrected chi connectivity index (χ1v) is 7.37. The van der Waals surface area contributed by atoms with E-state index >= 15 is 0 Å². The number of ether oxygens (including phenoxy) is 1. The Kier molecular flexibility index (Phi) is 3.60. The first kappa shape index (κ1) is 14.0. The maximum atomic E-state index is 13.6. The molecule has 1 fully saturated rings. The van der Waals surface area contributed by atoms with Gasteiger partial charge in [0.2, 0.25) is 10.0 Å². The van der Waals surface area contributed by atoms with Gasteiger partial charge in [0.25, 0.3) is 0 Å². The Hall–Kier alpha value is -1.47. The van der Waals surface area contributed by atoms with Crippen molar-refractivity contribution >= 4 is 16.0 Å². The fourth-order valence-electron chi connectivity index (χ4n) is 1.78. The van der Waals surface area contributed by atoms with E-state index in [0.29, 0.717) is 0 Å². The minimum absolute atomic E-state index is 0.109. The van der Waals surface area contributed by atoms with Crippen LogP contribution >= 0.6 is 0 Å². The number of rotatable bonds is 3. The van der Waals surface area contributed by atoms with Gasteiger partial charge in [0.1, 0.15) is 11.9 Å². The number of esters is 1. The largest absolute Gasteiger partial charge is 0.459 e. The van der Waals surface area contributed by atoms with Gasteiger partial charge in [-0.15, -0.1) is 0 Å². The smallest absolute Gasteiger partial charge is 0.338 e. The van der Waals surface area contributed by atoms with Crippen LogP contribution in [0.1, 0.15) is 35.2 Å². The summed E-state index contributed by atoms with van der Waals surface area (Å²) in [7, 11) is -4.08. The van der Waals surface area contributed by atoms with Crippen molar-refractivity contribution in [2.75, 3.05) is 0 Å². The number of carbonyl (C=O) groups is 1. The average Bonchev–Trinajstić information content (AvgIpc) is 2.25. The van der Waals surface area contributed by atoms with Crippen LogP contribution in [0.5, 0.6) is 0 Å². The third-order valence-electron chi connectivity index (χ3n) is 3.16. The molecule has 0 radical (unpaired) electrons. The van der Waals surface area contributed by atoms with Crippen molar-refractivity contribution in [2.24, 2.45) is 5.14 Å². The molecule has 104 valence electrons.